The topological polar surface area (TPSA) is 47.3 Å². The van der Waals surface area contributed by atoms with Gasteiger partial charge in [-0.2, -0.15) is 5.26 Å². The summed E-state index contributed by atoms with van der Waals surface area (Å²) >= 11 is 0. The zero-order valence-electron chi connectivity index (χ0n) is 15.4. The van der Waals surface area contributed by atoms with Crippen LogP contribution in [-0.4, -0.2) is 37.0 Å². The van der Waals surface area contributed by atoms with Crippen LogP contribution in [0.1, 0.15) is 34.3 Å². The van der Waals surface area contributed by atoms with Crippen molar-refractivity contribution >= 4 is 11.6 Å². The fourth-order valence-electron chi connectivity index (χ4n) is 4.38. The molecule has 2 aromatic rings. The van der Waals surface area contributed by atoms with E-state index in [1.54, 1.807) is 12.1 Å². The van der Waals surface area contributed by atoms with Crippen LogP contribution in [0.4, 0.5) is 10.1 Å². The molecule has 0 aromatic heterocycles. The van der Waals surface area contributed by atoms with E-state index in [0.717, 1.165) is 31.6 Å². The molecule has 0 saturated carbocycles. The van der Waals surface area contributed by atoms with Crippen LogP contribution in [0.25, 0.3) is 0 Å². The first-order valence-corrected chi connectivity index (χ1v) is 9.30. The number of piperidine rings is 1. The molecular weight excluding hydrogens is 341 g/mol. The number of carbonyl (C=O) groups is 1. The molecule has 0 atom stereocenters. The van der Waals surface area contributed by atoms with Crippen LogP contribution in [0, 0.1) is 24.1 Å². The van der Waals surface area contributed by atoms with Crippen molar-refractivity contribution < 1.29 is 9.18 Å². The molecule has 2 aliphatic rings. The minimum absolute atomic E-state index is 0.0665. The summed E-state index contributed by atoms with van der Waals surface area (Å²) in [5, 5.41) is 8.96. The maximum Gasteiger partial charge on any atom is 0.258 e. The quantitative estimate of drug-likeness (QED) is 0.765. The predicted molar refractivity (Wildman–Crippen MR) is 102 cm³/mol. The van der Waals surface area contributed by atoms with Crippen LogP contribution >= 0.6 is 0 Å². The fourth-order valence-corrected chi connectivity index (χ4v) is 4.38. The Morgan fingerprint density at radius 1 is 1.19 bits per heavy atom. The summed E-state index contributed by atoms with van der Waals surface area (Å²) in [6.07, 6.45) is 1.86. The Bertz CT molecular complexity index is 908. The SMILES string of the molecule is Cc1ccc2c(c1)C1(CCN(CC#N)CC1)CN2C(=O)c1ccc(F)cc1. The second-order valence-corrected chi connectivity index (χ2v) is 7.63. The van der Waals surface area contributed by atoms with E-state index in [2.05, 4.69) is 24.0 Å². The molecule has 27 heavy (non-hydrogen) atoms. The van der Waals surface area contributed by atoms with Crippen LogP contribution in [0.5, 0.6) is 0 Å². The number of benzene rings is 2. The number of halogens is 1. The van der Waals surface area contributed by atoms with Crippen LogP contribution < -0.4 is 4.90 Å². The predicted octanol–water partition coefficient (Wildman–Crippen LogP) is 3.65. The molecule has 2 heterocycles. The molecule has 1 saturated heterocycles. The second-order valence-electron chi connectivity index (χ2n) is 7.63. The van der Waals surface area contributed by atoms with Crippen molar-refractivity contribution in [1.29, 1.82) is 5.26 Å². The highest BCUT2D eigenvalue weighted by atomic mass is 19.1. The summed E-state index contributed by atoms with van der Waals surface area (Å²) < 4.78 is 13.2. The lowest BCUT2D eigenvalue weighted by Crippen LogP contribution is -2.46. The lowest BCUT2D eigenvalue weighted by molar-refractivity contribution is 0.0978. The van der Waals surface area contributed by atoms with Crippen molar-refractivity contribution in [3.8, 4) is 6.07 Å². The first-order chi connectivity index (χ1) is 13.0. The van der Waals surface area contributed by atoms with Crippen molar-refractivity contribution in [1.82, 2.24) is 4.90 Å². The van der Waals surface area contributed by atoms with Crippen molar-refractivity contribution in [2.24, 2.45) is 0 Å². The molecule has 2 aliphatic heterocycles. The van der Waals surface area contributed by atoms with E-state index in [1.165, 1.54) is 23.3 Å². The second kappa shape index (κ2) is 6.79. The minimum atomic E-state index is -0.342. The normalized spacial score (nSPS) is 18.3. The minimum Gasteiger partial charge on any atom is -0.307 e. The number of anilines is 1. The zero-order chi connectivity index (χ0) is 19.0. The standard InChI is InChI=1S/C22H22FN3O/c1-16-2-7-20-19(14-16)22(8-11-25(12-9-22)13-10-24)15-26(20)21(27)17-3-5-18(23)6-4-17/h2-7,14H,8-9,11-13,15H2,1H3. The number of likely N-dealkylation sites (tertiary alicyclic amines) is 1. The third-order valence-electron chi connectivity index (χ3n) is 5.92. The summed E-state index contributed by atoms with van der Waals surface area (Å²) in [7, 11) is 0. The van der Waals surface area contributed by atoms with E-state index in [9.17, 15) is 9.18 Å². The smallest absolute Gasteiger partial charge is 0.258 e. The average molecular weight is 363 g/mol. The first kappa shape index (κ1) is 17.7. The molecule has 5 heteroatoms. The molecule has 1 spiro atoms. The fraction of sp³-hybridized carbons (Fsp3) is 0.364. The van der Waals surface area contributed by atoms with Gasteiger partial charge in [0.15, 0.2) is 0 Å². The molecule has 1 amide bonds. The number of hydrogen-bond acceptors (Lipinski definition) is 3. The first-order valence-electron chi connectivity index (χ1n) is 9.30. The van der Waals surface area contributed by atoms with Crippen LogP contribution in [0.15, 0.2) is 42.5 Å². The number of amides is 1. The van der Waals surface area contributed by atoms with Crippen molar-refractivity contribution in [3.05, 3.63) is 65.0 Å². The summed E-state index contributed by atoms with van der Waals surface area (Å²) in [6, 6.07) is 14.2. The van der Waals surface area contributed by atoms with Crippen molar-refractivity contribution in [2.45, 2.75) is 25.2 Å². The Morgan fingerprint density at radius 3 is 2.56 bits per heavy atom. The molecule has 138 valence electrons. The van der Waals surface area contributed by atoms with E-state index in [0.29, 0.717) is 18.7 Å². The van der Waals surface area contributed by atoms with Gasteiger partial charge in [0.25, 0.3) is 5.91 Å². The van der Waals surface area contributed by atoms with Gasteiger partial charge in [0.1, 0.15) is 5.82 Å². The number of nitrogens with zero attached hydrogens (tertiary/aromatic N) is 3. The highest BCUT2D eigenvalue weighted by Crippen LogP contribution is 2.47. The van der Waals surface area contributed by atoms with Crippen molar-refractivity contribution in [2.75, 3.05) is 31.1 Å². The Balaban J connectivity index is 1.67. The van der Waals surface area contributed by atoms with E-state index < -0.39 is 0 Å². The van der Waals surface area contributed by atoms with Gasteiger partial charge in [-0.05, 0) is 55.7 Å². The van der Waals surface area contributed by atoms with Gasteiger partial charge in [-0.25, -0.2) is 4.39 Å². The summed E-state index contributed by atoms with van der Waals surface area (Å²) in [4.78, 5) is 17.2. The van der Waals surface area contributed by atoms with Gasteiger partial charge in [-0.15, -0.1) is 0 Å². The molecule has 1 fully saturated rings. The molecule has 4 nitrogen and oxygen atoms in total. The number of carbonyl (C=O) groups excluding carboxylic acids is 1. The highest BCUT2D eigenvalue weighted by molar-refractivity contribution is 6.07. The van der Waals surface area contributed by atoms with Gasteiger partial charge in [-0.1, -0.05) is 17.7 Å². The summed E-state index contributed by atoms with van der Waals surface area (Å²) in [5.74, 6) is -0.429. The number of aryl methyl sites for hydroxylation is 1. The molecule has 2 aromatic carbocycles. The number of rotatable bonds is 2. The van der Waals surface area contributed by atoms with E-state index in [4.69, 9.17) is 5.26 Å². The molecule has 0 radical (unpaired) electrons. The van der Waals surface area contributed by atoms with E-state index in [1.807, 2.05) is 17.0 Å². The van der Waals surface area contributed by atoms with Gasteiger partial charge in [0, 0.05) is 36.3 Å². The molecular formula is C22H22FN3O. The zero-order valence-corrected chi connectivity index (χ0v) is 15.4. The maximum absolute atomic E-state index is 13.2. The monoisotopic (exact) mass is 363 g/mol. The number of hydrogen-bond donors (Lipinski definition) is 0. The van der Waals surface area contributed by atoms with E-state index in [-0.39, 0.29) is 17.1 Å². The third-order valence-corrected chi connectivity index (χ3v) is 5.92. The van der Waals surface area contributed by atoms with Gasteiger partial charge in [-0.3, -0.25) is 9.69 Å². The van der Waals surface area contributed by atoms with Gasteiger partial charge in [0.05, 0.1) is 12.6 Å². The third kappa shape index (κ3) is 3.11. The van der Waals surface area contributed by atoms with Crippen LogP contribution in [0.3, 0.4) is 0 Å². The molecule has 0 aliphatic carbocycles. The largest absolute Gasteiger partial charge is 0.307 e. The van der Waals surface area contributed by atoms with Crippen LogP contribution in [0.2, 0.25) is 0 Å². The number of fused-ring (bicyclic) bond motifs is 2. The Kier molecular flexibility index (Phi) is 4.45. The number of nitriles is 1. The molecule has 4 rings (SSSR count). The highest BCUT2D eigenvalue weighted by Gasteiger charge is 2.46. The Labute approximate surface area is 158 Å². The maximum atomic E-state index is 13.2. The summed E-state index contributed by atoms with van der Waals surface area (Å²) in [6.45, 7) is 4.89. The molecule has 0 N–H and O–H groups in total. The van der Waals surface area contributed by atoms with Crippen molar-refractivity contribution in [3.63, 3.8) is 0 Å². The summed E-state index contributed by atoms with van der Waals surface area (Å²) in [5.41, 5.74) is 3.81. The molecule has 0 bridgehead atoms. The Morgan fingerprint density at radius 2 is 1.89 bits per heavy atom. The van der Waals surface area contributed by atoms with E-state index >= 15 is 0 Å². The lowest BCUT2D eigenvalue weighted by atomic mass is 9.74. The molecule has 0 unspecified atom stereocenters. The Hall–Kier alpha value is -2.71. The van der Waals surface area contributed by atoms with Crippen LogP contribution in [-0.2, 0) is 5.41 Å². The van der Waals surface area contributed by atoms with Gasteiger partial charge >= 0.3 is 0 Å². The van der Waals surface area contributed by atoms with Gasteiger partial charge < -0.3 is 4.90 Å². The lowest BCUT2D eigenvalue weighted by Gasteiger charge is -2.39. The average Bonchev–Trinajstić information content (AvgIpc) is 2.98. The van der Waals surface area contributed by atoms with Gasteiger partial charge in [0.2, 0.25) is 0 Å².